The van der Waals surface area contributed by atoms with Gasteiger partial charge < -0.3 is 5.32 Å². The van der Waals surface area contributed by atoms with Crippen molar-refractivity contribution in [2.75, 3.05) is 0 Å². The van der Waals surface area contributed by atoms with Crippen molar-refractivity contribution in [1.82, 2.24) is 5.32 Å². The minimum absolute atomic E-state index is 0.136. The first kappa shape index (κ1) is 13.6. The number of halogens is 1. The number of nitrogens with one attached hydrogen (secondary N) is 1. The maximum absolute atomic E-state index is 12.0. The van der Waals surface area contributed by atoms with Gasteiger partial charge in [0.15, 0.2) is 0 Å². The summed E-state index contributed by atoms with van der Waals surface area (Å²) in [4.78, 5) is 12.6. The van der Waals surface area contributed by atoms with E-state index in [0.717, 1.165) is 16.6 Å². The van der Waals surface area contributed by atoms with E-state index in [1.54, 1.807) is 6.07 Å². The summed E-state index contributed by atoms with van der Waals surface area (Å²) in [7, 11) is 0. The van der Waals surface area contributed by atoms with Crippen LogP contribution in [0.3, 0.4) is 0 Å². The number of rotatable bonds is 3. The molecule has 0 aliphatic heterocycles. The molecule has 3 nitrogen and oxygen atoms in total. The molecule has 1 N–H and O–H groups in total. The van der Waals surface area contributed by atoms with Crippen LogP contribution in [0.4, 0.5) is 0 Å². The average molecular weight is 327 g/mol. The van der Waals surface area contributed by atoms with Crippen molar-refractivity contribution >= 4 is 33.2 Å². The number of nitrogens with zero attached hydrogens (tertiary/aromatic N) is 1. The number of nitriles is 1. The smallest absolute Gasteiger partial charge is 0.262 e. The summed E-state index contributed by atoms with van der Waals surface area (Å²) in [6, 6.07) is 5.52. The molecule has 18 heavy (non-hydrogen) atoms. The van der Waals surface area contributed by atoms with Crippen LogP contribution >= 0.6 is 27.3 Å². The number of thiophene rings is 1. The third kappa shape index (κ3) is 3.33. The Bertz CT molecular complexity index is 460. The van der Waals surface area contributed by atoms with Crippen LogP contribution in [0.2, 0.25) is 0 Å². The van der Waals surface area contributed by atoms with Crippen molar-refractivity contribution in [2.45, 2.75) is 38.1 Å². The Labute approximate surface area is 119 Å². The summed E-state index contributed by atoms with van der Waals surface area (Å²) in [6.07, 6.45) is 5.69. The fourth-order valence-corrected chi connectivity index (χ4v) is 3.66. The molecule has 96 valence electrons. The monoisotopic (exact) mass is 326 g/mol. The van der Waals surface area contributed by atoms with Gasteiger partial charge in [-0.05, 0) is 46.8 Å². The highest BCUT2D eigenvalue weighted by molar-refractivity contribution is 9.11. The molecule has 0 bridgehead atoms. The number of amides is 1. The average Bonchev–Trinajstić information content (AvgIpc) is 2.83. The molecule has 1 amide bonds. The molecule has 2 rings (SSSR count). The fourth-order valence-electron chi connectivity index (χ4n) is 2.37. The normalized spacial score (nSPS) is 18.0. The van der Waals surface area contributed by atoms with Gasteiger partial charge in [-0.15, -0.1) is 11.3 Å². The lowest BCUT2D eigenvalue weighted by Crippen LogP contribution is -2.39. The summed E-state index contributed by atoms with van der Waals surface area (Å²) in [5, 5.41) is 12.1. The molecule has 1 saturated carbocycles. The predicted octanol–water partition coefficient (Wildman–Crippen LogP) is 3.71. The van der Waals surface area contributed by atoms with Gasteiger partial charge in [-0.3, -0.25) is 4.79 Å². The Morgan fingerprint density at radius 2 is 2.17 bits per heavy atom. The van der Waals surface area contributed by atoms with Crippen molar-refractivity contribution < 1.29 is 4.79 Å². The molecule has 0 spiro atoms. The van der Waals surface area contributed by atoms with Crippen LogP contribution in [-0.2, 0) is 0 Å². The van der Waals surface area contributed by atoms with Crippen LogP contribution in [0.25, 0.3) is 0 Å². The zero-order valence-corrected chi connectivity index (χ0v) is 12.4. The van der Waals surface area contributed by atoms with Gasteiger partial charge in [0, 0.05) is 0 Å². The number of carbonyl (C=O) groups is 1. The first-order chi connectivity index (χ1) is 8.70. The molecule has 1 atom stereocenters. The van der Waals surface area contributed by atoms with E-state index in [9.17, 15) is 10.1 Å². The lowest BCUT2D eigenvalue weighted by atomic mass is 9.84. The van der Waals surface area contributed by atoms with Gasteiger partial charge in [0.05, 0.1) is 14.7 Å². The summed E-state index contributed by atoms with van der Waals surface area (Å²) in [5.74, 6) is 0.180. The van der Waals surface area contributed by atoms with Crippen molar-refractivity contribution in [3.63, 3.8) is 0 Å². The maximum Gasteiger partial charge on any atom is 0.262 e. The van der Waals surface area contributed by atoms with Crippen LogP contribution < -0.4 is 5.32 Å². The largest absolute Gasteiger partial charge is 0.335 e. The summed E-state index contributed by atoms with van der Waals surface area (Å²) in [6.45, 7) is 0. The van der Waals surface area contributed by atoms with Crippen LogP contribution in [0, 0.1) is 17.2 Å². The molecule has 0 saturated heterocycles. The zero-order valence-electron chi connectivity index (χ0n) is 9.99. The maximum atomic E-state index is 12.0. The van der Waals surface area contributed by atoms with Gasteiger partial charge in [-0.25, -0.2) is 0 Å². The first-order valence-electron chi connectivity index (χ1n) is 6.16. The van der Waals surface area contributed by atoms with E-state index in [2.05, 4.69) is 27.3 Å². The summed E-state index contributed by atoms with van der Waals surface area (Å²) < 4.78 is 0.929. The van der Waals surface area contributed by atoms with Gasteiger partial charge >= 0.3 is 0 Å². The number of hydrogen-bond donors (Lipinski definition) is 1. The minimum atomic E-state index is -0.348. The van der Waals surface area contributed by atoms with Crippen molar-refractivity contribution in [1.29, 1.82) is 5.26 Å². The lowest BCUT2D eigenvalue weighted by Gasteiger charge is -2.26. The Morgan fingerprint density at radius 1 is 1.44 bits per heavy atom. The molecule has 1 fully saturated rings. The highest BCUT2D eigenvalue weighted by atomic mass is 79.9. The SMILES string of the molecule is N#CC(NC(=O)c1ccc(Br)s1)C1CCCCC1. The molecule has 1 aliphatic rings. The fraction of sp³-hybridized carbons (Fsp3) is 0.538. The van der Waals surface area contributed by atoms with Crippen LogP contribution in [-0.4, -0.2) is 11.9 Å². The van der Waals surface area contributed by atoms with Crippen molar-refractivity contribution in [2.24, 2.45) is 5.92 Å². The van der Waals surface area contributed by atoms with E-state index in [4.69, 9.17) is 0 Å². The van der Waals surface area contributed by atoms with E-state index in [-0.39, 0.29) is 11.9 Å². The Kier molecular flexibility index (Phi) is 4.79. The molecule has 1 aromatic rings. The predicted molar refractivity (Wildman–Crippen MR) is 75.5 cm³/mol. The van der Waals surface area contributed by atoms with E-state index >= 15 is 0 Å². The molecular weight excluding hydrogens is 312 g/mol. The van der Waals surface area contributed by atoms with Gasteiger partial charge in [-0.2, -0.15) is 5.26 Å². The van der Waals surface area contributed by atoms with Crippen molar-refractivity contribution in [3.05, 3.63) is 20.8 Å². The van der Waals surface area contributed by atoms with E-state index in [0.29, 0.717) is 10.8 Å². The second-order valence-electron chi connectivity index (χ2n) is 4.58. The van der Waals surface area contributed by atoms with Gasteiger partial charge in [0.2, 0.25) is 0 Å². The van der Waals surface area contributed by atoms with Gasteiger partial charge in [0.25, 0.3) is 5.91 Å². The van der Waals surface area contributed by atoms with Crippen molar-refractivity contribution in [3.8, 4) is 6.07 Å². The Hall–Kier alpha value is -0.860. The second-order valence-corrected chi connectivity index (χ2v) is 7.05. The molecular formula is C13H15BrN2OS. The highest BCUT2D eigenvalue weighted by Gasteiger charge is 2.25. The van der Waals surface area contributed by atoms with Gasteiger partial charge in [-0.1, -0.05) is 19.3 Å². The second kappa shape index (κ2) is 6.35. The highest BCUT2D eigenvalue weighted by Crippen LogP contribution is 2.27. The molecule has 5 heteroatoms. The quantitative estimate of drug-likeness (QED) is 0.920. The van der Waals surface area contributed by atoms with Crippen LogP contribution in [0.15, 0.2) is 15.9 Å². The number of carbonyl (C=O) groups excluding carboxylic acids is 1. The molecule has 1 heterocycles. The molecule has 0 radical (unpaired) electrons. The first-order valence-corrected chi connectivity index (χ1v) is 7.77. The molecule has 1 unspecified atom stereocenters. The van der Waals surface area contributed by atoms with Gasteiger partial charge in [0.1, 0.15) is 6.04 Å². The number of hydrogen-bond acceptors (Lipinski definition) is 3. The Balaban J connectivity index is 1.98. The molecule has 0 aromatic carbocycles. The van der Waals surface area contributed by atoms with Crippen LogP contribution in [0.5, 0.6) is 0 Å². The van der Waals surface area contributed by atoms with Crippen LogP contribution in [0.1, 0.15) is 41.8 Å². The van der Waals surface area contributed by atoms with E-state index < -0.39 is 0 Å². The molecule has 1 aliphatic carbocycles. The third-order valence-corrected chi connectivity index (χ3v) is 4.97. The standard InChI is InChI=1S/C13H15BrN2OS/c14-12-7-6-11(18-12)13(17)16-10(8-15)9-4-2-1-3-5-9/h6-7,9-10H,1-5H2,(H,16,17). The summed E-state index contributed by atoms with van der Waals surface area (Å²) in [5.41, 5.74) is 0. The van der Waals surface area contributed by atoms with E-state index in [1.165, 1.54) is 30.6 Å². The topological polar surface area (TPSA) is 52.9 Å². The molecule has 1 aromatic heterocycles. The summed E-state index contributed by atoms with van der Waals surface area (Å²) >= 11 is 4.72. The van der Waals surface area contributed by atoms with E-state index in [1.807, 2.05) is 6.07 Å². The third-order valence-electron chi connectivity index (χ3n) is 3.34. The lowest BCUT2D eigenvalue weighted by molar-refractivity contribution is 0.0933. The Morgan fingerprint density at radius 3 is 2.72 bits per heavy atom. The minimum Gasteiger partial charge on any atom is -0.335 e. The zero-order chi connectivity index (χ0) is 13.0.